The lowest BCUT2D eigenvalue weighted by atomic mass is 9.95. The molecule has 9 nitrogen and oxygen atoms in total. The molecule has 3 aromatic heterocycles. The van der Waals surface area contributed by atoms with E-state index in [0.717, 1.165) is 30.7 Å². The van der Waals surface area contributed by atoms with Crippen LogP contribution in [0.15, 0.2) is 18.3 Å². The number of nitrogen functional groups attached to an aromatic ring is 1. The summed E-state index contributed by atoms with van der Waals surface area (Å²) in [6.07, 6.45) is 0.683. The first-order chi connectivity index (χ1) is 21.1. The van der Waals surface area contributed by atoms with Crippen molar-refractivity contribution in [2.24, 2.45) is 0 Å². The molecule has 8 rings (SSSR count). The third-order valence-electron chi connectivity index (χ3n) is 9.70. The van der Waals surface area contributed by atoms with Gasteiger partial charge in [-0.2, -0.15) is 9.97 Å². The molecule has 4 aliphatic heterocycles. The minimum absolute atomic E-state index is 0.0476. The van der Waals surface area contributed by atoms with E-state index >= 15 is 4.39 Å². The van der Waals surface area contributed by atoms with Crippen molar-refractivity contribution in [1.29, 1.82) is 0 Å². The van der Waals surface area contributed by atoms with Gasteiger partial charge >= 0.3 is 6.01 Å². The number of thiazole rings is 1. The number of fused-ring (bicyclic) bond motifs is 5. The van der Waals surface area contributed by atoms with E-state index in [1.165, 1.54) is 18.3 Å². The van der Waals surface area contributed by atoms with Crippen LogP contribution in [-0.4, -0.2) is 87.3 Å². The van der Waals surface area contributed by atoms with E-state index in [2.05, 4.69) is 30.2 Å². The first kappa shape index (κ1) is 28.1. The monoisotopic (exact) mass is 632 g/mol. The zero-order valence-corrected chi connectivity index (χ0v) is 24.3. The van der Waals surface area contributed by atoms with Crippen LogP contribution in [0.4, 0.5) is 32.9 Å². The summed E-state index contributed by atoms with van der Waals surface area (Å²) in [6.45, 7) is 1.54. The van der Waals surface area contributed by atoms with E-state index in [1.807, 2.05) is 0 Å². The highest BCUT2D eigenvalue weighted by atomic mass is 32.1. The summed E-state index contributed by atoms with van der Waals surface area (Å²) in [5, 5.41) is 3.43. The van der Waals surface area contributed by atoms with Crippen molar-refractivity contribution >= 4 is 43.4 Å². The Hall–Kier alpha value is -3.43. The standard InChI is InChI=1S/C29H29F5N8OS/c30-14-8-28(5-1-7-42(28)10-14)13-43-27-38-21-17(24(39-27)41-11-15-4-6-29(12-41,40-15)25(33)34)9-36-20(19(21)32)16-2-3-18(31)23-22(16)37-26(35)44-23/h2-3,9,14-15,25,40H,1,4-8,10-13H2,(H2,35,37). The molecule has 4 aromatic rings. The minimum atomic E-state index is -2.62. The number of alkyl halides is 3. The Morgan fingerprint density at radius 2 is 2.00 bits per heavy atom. The maximum atomic E-state index is 16.5. The number of hydrogen-bond donors (Lipinski definition) is 2. The zero-order chi connectivity index (χ0) is 30.4. The fourth-order valence-corrected chi connectivity index (χ4v) is 8.43. The van der Waals surface area contributed by atoms with Gasteiger partial charge in [0, 0.05) is 43.9 Å². The van der Waals surface area contributed by atoms with Gasteiger partial charge in [-0.25, -0.2) is 26.9 Å². The number of pyridine rings is 1. The molecular weight excluding hydrogens is 603 g/mol. The lowest BCUT2D eigenvalue weighted by Gasteiger charge is -2.41. The van der Waals surface area contributed by atoms with Crippen molar-refractivity contribution in [1.82, 2.24) is 30.2 Å². The molecule has 1 aromatic carbocycles. The number of rotatable bonds is 6. The van der Waals surface area contributed by atoms with Gasteiger partial charge in [-0.15, -0.1) is 0 Å². The molecule has 0 spiro atoms. The van der Waals surface area contributed by atoms with Gasteiger partial charge in [0.25, 0.3) is 6.43 Å². The number of nitrogens with two attached hydrogens (primary N) is 1. The smallest absolute Gasteiger partial charge is 0.319 e. The van der Waals surface area contributed by atoms with E-state index < -0.39 is 35.3 Å². The molecule has 2 bridgehead atoms. The van der Waals surface area contributed by atoms with Crippen molar-refractivity contribution in [3.63, 3.8) is 0 Å². The number of aromatic nitrogens is 4. The van der Waals surface area contributed by atoms with Gasteiger partial charge in [0.1, 0.15) is 35.6 Å². The average Bonchev–Trinajstić information content (AvgIpc) is 3.73. The first-order valence-electron chi connectivity index (χ1n) is 14.7. The number of nitrogens with one attached hydrogen (secondary N) is 1. The van der Waals surface area contributed by atoms with Crippen LogP contribution in [0.25, 0.3) is 32.4 Å². The van der Waals surface area contributed by atoms with Gasteiger partial charge in [0.2, 0.25) is 0 Å². The molecule has 44 heavy (non-hydrogen) atoms. The molecule has 3 N–H and O–H groups in total. The summed E-state index contributed by atoms with van der Waals surface area (Å²) in [6, 6.07) is 2.26. The number of ether oxygens (including phenoxy) is 1. The van der Waals surface area contributed by atoms with E-state index in [9.17, 15) is 17.6 Å². The summed E-state index contributed by atoms with van der Waals surface area (Å²) in [5.74, 6) is -1.12. The average molecular weight is 633 g/mol. The highest BCUT2D eigenvalue weighted by molar-refractivity contribution is 7.22. The van der Waals surface area contributed by atoms with Crippen LogP contribution in [-0.2, 0) is 0 Å². The summed E-state index contributed by atoms with van der Waals surface area (Å²) >= 11 is 0.946. The van der Waals surface area contributed by atoms with Crippen LogP contribution in [0.1, 0.15) is 32.1 Å². The Balaban J connectivity index is 1.25. The van der Waals surface area contributed by atoms with Crippen molar-refractivity contribution in [2.75, 3.05) is 43.4 Å². The van der Waals surface area contributed by atoms with Crippen molar-refractivity contribution in [3.8, 4) is 17.3 Å². The lowest BCUT2D eigenvalue weighted by Crippen LogP contribution is -2.63. The number of nitrogens with zero attached hydrogens (tertiary/aromatic N) is 6. The van der Waals surface area contributed by atoms with Gasteiger partial charge in [0.05, 0.1) is 26.7 Å². The van der Waals surface area contributed by atoms with E-state index in [1.54, 1.807) is 4.90 Å². The molecular formula is C29H29F5N8OS. The molecule has 15 heteroatoms. The molecule has 4 atom stereocenters. The molecule has 4 aliphatic rings. The van der Waals surface area contributed by atoms with E-state index in [0.29, 0.717) is 32.4 Å². The summed E-state index contributed by atoms with van der Waals surface area (Å²) in [4.78, 5) is 21.5. The topological polar surface area (TPSA) is 105 Å². The Morgan fingerprint density at radius 1 is 1.14 bits per heavy atom. The maximum absolute atomic E-state index is 16.5. The van der Waals surface area contributed by atoms with Crippen molar-refractivity contribution in [3.05, 3.63) is 30.0 Å². The van der Waals surface area contributed by atoms with Crippen molar-refractivity contribution in [2.45, 2.75) is 61.8 Å². The van der Waals surface area contributed by atoms with Crippen LogP contribution < -0.4 is 20.7 Å². The second-order valence-electron chi connectivity index (χ2n) is 12.4. The maximum Gasteiger partial charge on any atom is 0.319 e. The van der Waals surface area contributed by atoms with Crippen LogP contribution in [0, 0.1) is 11.6 Å². The quantitative estimate of drug-likeness (QED) is 0.293. The Bertz CT molecular complexity index is 1790. The van der Waals surface area contributed by atoms with Gasteiger partial charge in [-0.05, 0) is 44.4 Å². The second-order valence-corrected chi connectivity index (χ2v) is 13.4. The molecule has 0 amide bonds. The Kier molecular flexibility index (Phi) is 6.41. The number of anilines is 2. The SMILES string of the molecule is Nc1nc2c(-c3ncc4c(N5CC6CCC(C(F)F)(C5)N6)nc(OCC56CCCN5CC(F)C6)nc4c3F)ccc(F)c2s1. The van der Waals surface area contributed by atoms with E-state index in [4.69, 9.17) is 10.5 Å². The number of halogens is 5. The van der Waals surface area contributed by atoms with Gasteiger partial charge in [-0.3, -0.25) is 9.88 Å². The molecule has 232 valence electrons. The molecule has 4 fully saturated rings. The second kappa shape index (κ2) is 10.0. The fourth-order valence-electron chi connectivity index (χ4n) is 7.66. The van der Waals surface area contributed by atoms with Crippen LogP contribution in [0.5, 0.6) is 6.01 Å². The zero-order valence-electron chi connectivity index (χ0n) is 23.5. The number of piperazine rings is 1. The molecule has 0 radical (unpaired) electrons. The lowest BCUT2D eigenvalue weighted by molar-refractivity contribution is 0.0367. The highest BCUT2D eigenvalue weighted by Crippen LogP contribution is 2.42. The van der Waals surface area contributed by atoms with Gasteiger partial charge < -0.3 is 20.7 Å². The first-order valence-corrected chi connectivity index (χ1v) is 15.5. The van der Waals surface area contributed by atoms with Crippen LogP contribution in [0.3, 0.4) is 0 Å². The van der Waals surface area contributed by atoms with Gasteiger partial charge in [0.15, 0.2) is 10.9 Å². The Labute approximate surface area is 252 Å². The molecule has 4 unspecified atom stereocenters. The third kappa shape index (κ3) is 4.30. The van der Waals surface area contributed by atoms with Crippen molar-refractivity contribution < 1.29 is 26.7 Å². The van der Waals surface area contributed by atoms with Crippen LogP contribution in [0.2, 0.25) is 0 Å². The normalized spacial score (nSPS) is 28.5. The third-order valence-corrected chi connectivity index (χ3v) is 10.6. The highest BCUT2D eigenvalue weighted by Gasteiger charge is 2.52. The van der Waals surface area contributed by atoms with E-state index in [-0.39, 0.29) is 68.5 Å². The minimum Gasteiger partial charge on any atom is -0.461 e. The Morgan fingerprint density at radius 3 is 2.84 bits per heavy atom. The predicted octanol–water partition coefficient (Wildman–Crippen LogP) is 4.69. The largest absolute Gasteiger partial charge is 0.461 e. The van der Waals surface area contributed by atoms with Gasteiger partial charge in [-0.1, -0.05) is 11.3 Å². The summed E-state index contributed by atoms with van der Waals surface area (Å²) < 4.78 is 80.4. The van der Waals surface area contributed by atoms with Crippen LogP contribution >= 0.6 is 11.3 Å². The number of benzene rings is 1. The molecule has 0 saturated carbocycles. The molecule has 7 heterocycles. The summed E-state index contributed by atoms with van der Waals surface area (Å²) in [7, 11) is 0. The number of hydrogen-bond acceptors (Lipinski definition) is 10. The predicted molar refractivity (Wildman–Crippen MR) is 156 cm³/mol. The summed E-state index contributed by atoms with van der Waals surface area (Å²) in [5.41, 5.74) is 4.08. The fraction of sp³-hybridized carbons (Fsp3) is 0.517. The molecule has 0 aliphatic carbocycles. The molecule has 4 saturated heterocycles.